The lowest BCUT2D eigenvalue weighted by Gasteiger charge is -2.12. The minimum Gasteiger partial charge on any atom is -0.456 e. The number of hydrogen-bond donors (Lipinski definition) is 0. The number of halogens is 1. The Morgan fingerprint density at radius 2 is 2.12 bits per heavy atom. The van der Waals surface area contributed by atoms with E-state index in [-0.39, 0.29) is 11.6 Å². The molecular formula is C20H13FO2S. The van der Waals surface area contributed by atoms with Crippen LogP contribution in [0.15, 0.2) is 69.6 Å². The van der Waals surface area contributed by atoms with E-state index in [1.807, 2.05) is 30.4 Å². The lowest BCUT2D eigenvalue weighted by atomic mass is 10.1. The molecule has 2 heterocycles. The summed E-state index contributed by atoms with van der Waals surface area (Å²) in [5.41, 5.74) is 2.42. The van der Waals surface area contributed by atoms with Crippen LogP contribution in [0.4, 0.5) is 4.39 Å². The fraction of sp³-hybridized carbons (Fsp3) is 0.0500. The Morgan fingerprint density at radius 1 is 1.25 bits per heavy atom. The van der Waals surface area contributed by atoms with Crippen molar-refractivity contribution in [2.45, 2.75) is 6.92 Å². The second-order valence-electron chi connectivity index (χ2n) is 5.57. The largest absolute Gasteiger partial charge is 0.456 e. The molecule has 0 spiro atoms. The number of rotatable bonds is 2. The van der Waals surface area contributed by atoms with E-state index in [0.717, 1.165) is 31.4 Å². The molecule has 118 valence electrons. The molecule has 0 saturated heterocycles. The highest BCUT2D eigenvalue weighted by Crippen LogP contribution is 2.37. The van der Waals surface area contributed by atoms with Gasteiger partial charge in [-0.05, 0) is 55.0 Å². The molecule has 0 fully saturated rings. The van der Waals surface area contributed by atoms with E-state index in [0.29, 0.717) is 5.58 Å². The van der Waals surface area contributed by atoms with E-state index >= 15 is 0 Å². The minimum atomic E-state index is -0.289. The third-order valence-electron chi connectivity index (χ3n) is 3.82. The Morgan fingerprint density at radius 3 is 2.96 bits per heavy atom. The zero-order valence-corrected chi connectivity index (χ0v) is 13.7. The van der Waals surface area contributed by atoms with Crippen molar-refractivity contribution in [3.8, 4) is 0 Å². The average Bonchev–Trinajstić information content (AvgIpc) is 2.80. The first-order valence-corrected chi connectivity index (χ1v) is 8.33. The van der Waals surface area contributed by atoms with Gasteiger partial charge in [-0.15, -0.1) is 0 Å². The average molecular weight is 336 g/mol. The van der Waals surface area contributed by atoms with E-state index in [9.17, 15) is 9.18 Å². The topological polar surface area (TPSA) is 30.2 Å². The van der Waals surface area contributed by atoms with Crippen LogP contribution in [0, 0.1) is 5.82 Å². The molecule has 4 heteroatoms. The quantitative estimate of drug-likeness (QED) is 0.783. The second kappa shape index (κ2) is 5.80. The van der Waals surface area contributed by atoms with Gasteiger partial charge in [0.25, 0.3) is 0 Å². The van der Waals surface area contributed by atoms with Crippen molar-refractivity contribution >= 4 is 39.5 Å². The summed E-state index contributed by atoms with van der Waals surface area (Å²) in [5.74, 6) is -0.288. The van der Waals surface area contributed by atoms with Gasteiger partial charge in [-0.25, -0.2) is 4.39 Å². The van der Waals surface area contributed by atoms with Gasteiger partial charge in [0.05, 0.1) is 0 Å². The van der Waals surface area contributed by atoms with Crippen molar-refractivity contribution in [2.75, 3.05) is 0 Å². The molecule has 1 aliphatic carbocycles. The van der Waals surface area contributed by atoms with Crippen molar-refractivity contribution in [3.05, 3.63) is 81.6 Å². The highest BCUT2D eigenvalue weighted by molar-refractivity contribution is 8.12. The first-order chi connectivity index (χ1) is 11.6. The number of carbonyl (C=O) groups is 1. The lowest BCUT2D eigenvalue weighted by molar-refractivity contribution is -0.112. The molecule has 0 amide bonds. The highest BCUT2D eigenvalue weighted by atomic mass is 32.2. The standard InChI is InChI=1S/C20H13FO2S/c1-12(22)5-8-15-9-6-13-3-2-4-18-19(20(13)24-15)16-11-14(21)7-10-17(16)23-18/h2-11H,1H3. The van der Waals surface area contributed by atoms with Crippen LogP contribution < -0.4 is 10.6 Å². The molecule has 0 N–H and O–H groups in total. The monoisotopic (exact) mass is 336 g/mol. The van der Waals surface area contributed by atoms with Crippen LogP contribution in [-0.2, 0) is 4.79 Å². The molecule has 1 aromatic heterocycles. The molecule has 0 bridgehead atoms. The Hall–Kier alpha value is -2.59. The molecule has 2 aliphatic rings. The Labute approximate surface area is 142 Å². The normalized spacial score (nSPS) is 16.3. The number of hydrogen-bond acceptors (Lipinski definition) is 3. The number of fused-ring (bicyclic) bond motifs is 4. The van der Waals surface area contributed by atoms with Gasteiger partial charge >= 0.3 is 0 Å². The van der Waals surface area contributed by atoms with Crippen LogP contribution in [-0.4, -0.2) is 5.78 Å². The summed E-state index contributed by atoms with van der Waals surface area (Å²) < 4.78 is 19.6. The minimum absolute atomic E-state index is 0.00175. The summed E-state index contributed by atoms with van der Waals surface area (Å²) in [4.78, 5) is 13.1. The number of carbonyl (C=O) groups excluding carboxylic acids is 1. The summed E-state index contributed by atoms with van der Waals surface area (Å²) in [5, 5.41) is 1.66. The van der Waals surface area contributed by atoms with Gasteiger partial charge in [-0.3, -0.25) is 4.79 Å². The first-order valence-electron chi connectivity index (χ1n) is 7.51. The van der Waals surface area contributed by atoms with E-state index in [2.05, 4.69) is 0 Å². The maximum Gasteiger partial charge on any atom is 0.152 e. The molecule has 2 nitrogen and oxygen atoms in total. The van der Waals surface area contributed by atoms with Gasteiger partial charge in [0.2, 0.25) is 0 Å². The Bertz CT molecular complexity index is 1110. The predicted octanol–water partition coefficient (Wildman–Crippen LogP) is 3.73. The SMILES string of the molecule is CC(=O)C=CC1=CC=C2C=CC=c3oc4ccc(F)cc4c3=C2S1. The van der Waals surface area contributed by atoms with E-state index in [1.165, 1.54) is 19.1 Å². The zero-order chi connectivity index (χ0) is 16.7. The van der Waals surface area contributed by atoms with Gasteiger partial charge in [0.1, 0.15) is 16.8 Å². The first kappa shape index (κ1) is 15.0. The molecular weight excluding hydrogens is 323 g/mol. The Balaban J connectivity index is 2.00. The fourth-order valence-electron chi connectivity index (χ4n) is 2.75. The van der Waals surface area contributed by atoms with Gasteiger partial charge < -0.3 is 4.42 Å². The third-order valence-corrected chi connectivity index (χ3v) is 4.97. The molecule has 0 atom stereocenters. The van der Waals surface area contributed by atoms with Gasteiger partial charge in [-0.1, -0.05) is 30.0 Å². The number of thioether (sulfide) groups is 1. The maximum absolute atomic E-state index is 13.7. The van der Waals surface area contributed by atoms with Gasteiger partial charge in [0.15, 0.2) is 5.78 Å². The van der Waals surface area contributed by atoms with Crippen molar-refractivity contribution in [1.29, 1.82) is 0 Å². The van der Waals surface area contributed by atoms with E-state index in [4.69, 9.17) is 4.42 Å². The maximum atomic E-state index is 13.7. The lowest BCUT2D eigenvalue weighted by Crippen LogP contribution is -2.22. The second-order valence-corrected chi connectivity index (χ2v) is 6.66. The van der Waals surface area contributed by atoms with Crippen LogP contribution in [0.1, 0.15) is 6.92 Å². The highest BCUT2D eigenvalue weighted by Gasteiger charge is 2.17. The molecule has 1 aliphatic heterocycles. The van der Waals surface area contributed by atoms with Crippen molar-refractivity contribution in [1.82, 2.24) is 0 Å². The zero-order valence-electron chi connectivity index (χ0n) is 12.9. The molecule has 0 radical (unpaired) electrons. The molecule has 4 rings (SSSR count). The Kier molecular flexibility index (Phi) is 3.62. The molecule has 0 saturated carbocycles. The summed E-state index contributed by atoms with van der Waals surface area (Å²) in [7, 11) is 0. The van der Waals surface area contributed by atoms with Crippen LogP contribution in [0.2, 0.25) is 0 Å². The van der Waals surface area contributed by atoms with Crippen LogP contribution in [0.5, 0.6) is 0 Å². The van der Waals surface area contributed by atoms with Crippen LogP contribution >= 0.6 is 11.8 Å². The van der Waals surface area contributed by atoms with E-state index < -0.39 is 0 Å². The van der Waals surface area contributed by atoms with Crippen molar-refractivity contribution in [3.63, 3.8) is 0 Å². The third kappa shape index (κ3) is 2.59. The van der Waals surface area contributed by atoms with Crippen molar-refractivity contribution in [2.24, 2.45) is 0 Å². The summed E-state index contributed by atoms with van der Waals surface area (Å²) >= 11 is 1.56. The summed E-state index contributed by atoms with van der Waals surface area (Å²) in [6, 6.07) is 4.56. The summed E-state index contributed by atoms with van der Waals surface area (Å²) in [6.45, 7) is 1.52. The predicted molar refractivity (Wildman–Crippen MR) is 96.0 cm³/mol. The van der Waals surface area contributed by atoms with Crippen molar-refractivity contribution < 1.29 is 13.6 Å². The molecule has 2 aromatic rings. The summed E-state index contributed by atoms with van der Waals surface area (Å²) in [6.07, 6.45) is 13.2. The van der Waals surface area contributed by atoms with Gasteiger partial charge in [-0.2, -0.15) is 0 Å². The smallest absolute Gasteiger partial charge is 0.152 e. The van der Waals surface area contributed by atoms with Gasteiger partial charge in [0, 0.05) is 20.4 Å². The van der Waals surface area contributed by atoms with Crippen LogP contribution in [0.3, 0.4) is 0 Å². The number of furan rings is 1. The molecule has 1 aromatic carbocycles. The fourth-order valence-corrected chi connectivity index (χ4v) is 3.83. The van der Waals surface area contributed by atoms with E-state index in [1.54, 1.807) is 30.0 Å². The molecule has 0 unspecified atom stereocenters. The molecule has 24 heavy (non-hydrogen) atoms. The number of allylic oxidation sites excluding steroid dienone is 6. The number of ketones is 1. The number of benzene rings is 1. The van der Waals surface area contributed by atoms with Crippen LogP contribution in [0.25, 0.3) is 22.0 Å².